The molecule has 27 heavy (non-hydrogen) atoms. The van der Waals surface area contributed by atoms with E-state index in [4.69, 9.17) is 0 Å². The van der Waals surface area contributed by atoms with Crippen LogP contribution < -0.4 is 0 Å². The summed E-state index contributed by atoms with van der Waals surface area (Å²) in [5, 5.41) is 8.41. The molecule has 0 saturated heterocycles. The second-order valence-electron chi connectivity index (χ2n) is 7.41. The van der Waals surface area contributed by atoms with Crippen LogP contribution in [0.4, 0.5) is 0 Å². The molecule has 1 saturated carbocycles. The Balaban J connectivity index is 1.77. The molecule has 2 heteroatoms. The van der Waals surface area contributed by atoms with Crippen molar-refractivity contribution in [2.45, 2.75) is 19.3 Å². The minimum atomic E-state index is 0.816. The van der Waals surface area contributed by atoms with Crippen molar-refractivity contribution in [1.82, 2.24) is 10.2 Å². The molecular formula is C25H22N2. The lowest BCUT2D eigenvalue weighted by Crippen LogP contribution is -1.97. The Kier molecular flexibility index (Phi) is 4.10. The molecule has 3 aromatic carbocycles. The molecule has 132 valence electrons. The number of aromatic nitrogens is 2. The molecule has 0 bridgehead atoms. The van der Waals surface area contributed by atoms with E-state index in [9.17, 15) is 0 Å². The Morgan fingerprint density at radius 2 is 1.52 bits per heavy atom. The van der Waals surface area contributed by atoms with Gasteiger partial charge >= 0.3 is 0 Å². The van der Waals surface area contributed by atoms with Gasteiger partial charge in [0, 0.05) is 5.39 Å². The van der Waals surface area contributed by atoms with Crippen LogP contribution in [0.2, 0.25) is 0 Å². The van der Waals surface area contributed by atoms with E-state index in [1.165, 1.54) is 40.7 Å². The van der Waals surface area contributed by atoms with Crippen molar-refractivity contribution in [2.24, 2.45) is 5.92 Å². The maximum absolute atomic E-state index is 4.19. The lowest BCUT2D eigenvalue weighted by Gasteiger charge is -2.17. The molecule has 1 fully saturated rings. The topological polar surface area (TPSA) is 28.7 Å². The largest absolute Gasteiger partial charge is 0.278 e. The van der Waals surface area contributed by atoms with Crippen molar-refractivity contribution in [3.05, 3.63) is 102 Å². The number of hydrogen-bond donors (Lipinski definition) is 1. The molecule has 4 aromatic rings. The van der Waals surface area contributed by atoms with Crippen LogP contribution in [0.25, 0.3) is 22.0 Å². The van der Waals surface area contributed by atoms with Gasteiger partial charge in [0.25, 0.3) is 0 Å². The Morgan fingerprint density at radius 1 is 0.815 bits per heavy atom. The van der Waals surface area contributed by atoms with Crippen LogP contribution >= 0.6 is 0 Å². The fraction of sp³-hybridized carbons (Fsp3) is 0.160. The van der Waals surface area contributed by atoms with Gasteiger partial charge in [-0.25, -0.2) is 0 Å². The van der Waals surface area contributed by atoms with E-state index >= 15 is 0 Å². The molecular weight excluding hydrogens is 328 g/mol. The highest BCUT2D eigenvalue weighted by Crippen LogP contribution is 2.43. The number of allylic oxidation sites excluding steroid dienone is 1. The average Bonchev–Trinajstić information content (AvgIpc) is 3.43. The zero-order valence-electron chi connectivity index (χ0n) is 15.2. The highest BCUT2D eigenvalue weighted by Gasteiger charge is 2.25. The van der Waals surface area contributed by atoms with E-state index < -0.39 is 0 Å². The SMILES string of the molecule is c1ccc(/C(CC2CC2)=C(\c2ccccc2)c2ccc3[nH]ncc3c2)cc1. The molecule has 0 aliphatic heterocycles. The Morgan fingerprint density at radius 3 is 2.22 bits per heavy atom. The van der Waals surface area contributed by atoms with Crippen LogP contribution in [0, 0.1) is 5.92 Å². The summed E-state index contributed by atoms with van der Waals surface area (Å²) in [5.74, 6) is 0.816. The molecule has 1 aromatic heterocycles. The first-order chi connectivity index (χ1) is 13.4. The third-order valence-electron chi connectivity index (χ3n) is 5.41. The zero-order chi connectivity index (χ0) is 18.1. The number of nitrogens with zero attached hydrogens (tertiary/aromatic N) is 1. The van der Waals surface area contributed by atoms with E-state index in [1.807, 2.05) is 6.20 Å². The lowest BCUT2D eigenvalue weighted by atomic mass is 9.86. The lowest BCUT2D eigenvalue weighted by molar-refractivity contribution is 0.878. The normalized spacial score (nSPS) is 15.0. The van der Waals surface area contributed by atoms with Crippen LogP contribution in [-0.2, 0) is 0 Å². The molecule has 1 aliphatic rings. The maximum Gasteiger partial charge on any atom is 0.0650 e. The van der Waals surface area contributed by atoms with Crippen molar-refractivity contribution >= 4 is 22.0 Å². The Bertz CT molecular complexity index is 1090. The second kappa shape index (κ2) is 6.88. The van der Waals surface area contributed by atoms with Crippen LogP contribution in [-0.4, -0.2) is 10.2 Å². The first kappa shape index (κ1) is 16.1. The van der Waals surface area contributed by atoms with E-state index in [1.54, 1.807) is 0 Å². The van der Waals surface area contributed by atoms with Gasteiger partial charge in [-0.15, -0.1) is 0 Å². The summed E-state index contributed by atoms with van der Waals surface area (Å²) in [4.78, 5) is 0. The van der Waals surface area contributed by atoms with Gasteiger partial charge in [0.1, 0.15) is 0 Å². The number of rotatable bonds is 5. The van der Waals surface area contributed by atoms with E-state index in [0.717, 1.165) is 23.2 Å². The molecule has 0 radical (unpaired) electrons. The first-order valence-electron chi connectivity index (χ1n) is 9.66. The van der Waals surface area contributed by atoms with Crippen molar-refractivity contribution in [1.29, 1.82) is 0 Å². The van der Waals surface area contributed by atoms with Crippen LogP contribution in [0.5, 0.6) is 0 Å². The second-order valence-corrected chi connectivity index (χ2v) is 7.41. The third kappa shape index (κ3) is 3.31. The predicted octanol–water partition coefficient (Wildman–Crippen LogP) is 6.32. The Hall–Kier alpha value is -3.13. The number of H-pyrrole nitrogens is 1. The highest BCUT2D eigenvalue weighted by molar-refractivity contribution is 6.00. The zero-order valence-corrected chi connectivity index (χ0v) is 15.2. The first-order valence-corrected chi connectivity index (χ1v) is 9.66. The maximum atomic E-state index is 4.19. The average molecular weight is 350 g/mol. The summed E-state index contributed by atoms with van der Waals surface area (Å²) in [6.45, 7) is 0. The van der Waals surface area contributed by atoms with Crippen molar-refractivity contribution < 1.29 is 0 Å². The molecule has 0 unspecified atom stereocenters. The third-order valence-corrected chi connectivity index (χ3v) is 5.41. The van der Waals surface area contributed by atoms with Gasteiger partial charge < -0.3 is 0 Å². The van der Waals surface area contributed by atoms with Crippen molar-refractivity contribution in [3.8, 4) is 0 Å². The van der Waals surface area contributed by atoms with Crippen molar-refractivity contribution in [2.75, 3.05) is 0 Å². The molecule has 2 nitrogen and oxygen atoms in total. The molecule has 0 atom stereocenters. The number of fused-ring (bicyclic) bond motifs is 1. The molecule has 1 aliphatic carbocycles. The summed E-state index contributed by atoms with van der Waals surface area (Å²) in [6.07, 6.45) is 5.74. The molecule has 5 rings (SSSR count). The summed E-state index contributed by atoms with van der Waals surface area (Å²) in [6, 6.07) is 28.3. The minimum Gasteiger partial charge on any atom is -0.278 e. The summed E-state index contributed by atoms with van der Waals surface area (Å²) in [5.41, 5.74) is 7.74. The van der Waals surface area contributed by atoms with Gasteiger partial charge in [0.2, 0.25) is 0 Å². The minimum absolute atomic E-state index is 0.816. The smallest absolute Gasteiger partial charge is 0.0650 e. The molecule has 1 heterocycles. The van der Waals surface area contributed by atoms with Gasteiger partial charge in [0.15, 0.2) is 0 Å². The van der Waals surface area contributed by atoms with Gasteiger partial charge in [-0.05, 0) is 65.1 Å². The molecule has 0 amide bonds. The van der Waals surface area contributed by atoms with Gasteiger partial charge in [0.05, 0.1) is 11.7 Å². The van der Waals surface area contributed by atoms with Crippen LogP contribution in [0.3, 0.4) is 0 Å². The van der Waals surface area contributed by atoms with E-state index in [0.29, 0.717) is 0 Å². The standard InChI is InChI=1S/C25H22N2/c1-3-7-19(8-4-1)23(15-18-11-12-18)25(20-9-5-2-6-10-20)21-13-14-24-22(16-21)17-26-27-24/h1-10,13-14,16-18H,11-12,15H2,(H,26,27)/b25-23+. The van der Waals surface area contributed by atoms with Crippen LogP contribution in [0.1, 0.15) is 36.0 Å². The van der Waals surface area contributed by atoms with Crippen molar-refractivity contribution in [3.63, 3.8) is 0 Å². The molecule has 1 N–H and O–H groups in total. The van der Waals surface area contributed by atoms with Gasteiger partial charge in [-0.2, -0.15) is 5.10 Å². The highest BCUT2D eigenvalue weighted by atomic mass is 15.1. The fourth-order valence-corrected chi connectivity index (χ4v) is 3.83. The fourth-order valence-electron chi connectivity index (χ4n) is 3.83. The summed E-state index contributed by atoms with van der Waals surface area (Å²) >= 11 is 0. The monoisotopic (exact) mass is 350 g/mol. The predicted molar refractivity (Wildman–Crippen MR) is 112 cm³/mol. The van der Waals surface area contributed by atoms with Gasteiger partial charge in [-0.3, -0.25) is 5.10 Å². The summed E-state index contributed by atoms with van der Waals surface area (Å²) in [7, 11) is 0. The number of benzene rings is 3. The van der Waals surface area contributed by atoms with Crippen LogP contribution in [0.15, 0.2) is 85.1 Å². The summed E-state index contributed by atoms with van der Waals surface area (Å²) < 4.78 is 0. The number of aromatic amines is 1. The Labute approximate surface area is 159 Å². The quantitative estimate of drug-likeness (QED) is 0.419. The van der Waals surface area contributed by atoms with E-state index in [2.05, 4.69) is 89.1 Å². The van der Waals surface area contributed by atoms with Gasteiger partial charge in [-0.1, -0.05) is 66.7 Å². The number of hydrogen-bond acceptors (Lipinski definition) is 1. The number of nitrogens with one attached hydrogen (secondary N) is 1. The van der Waals surface area contributed by atoms with E-state index in [-0.39, 0.29) is 0 Å². The molecule has 0 spiro atoms.